The van der Waals surface area contributed by atoms with Crippen LogP contribution in [0.4, 0.5) is 5.69 Å². The van der Waals surface area contributed by atoms with E-state index in [0.29, 0.717) is 22.4 Å². The molecule has 0 fully saturated rings. The van der Waals surface area contributed by atoms with Gasteiger partial charge in [-0.15, -0.1) is 0 Å². The summed E-state index contributed by atoms with van der Waals surface area (Å²) in [4.78, 5) is 8.82. The van der Waals surface area contributed by atoms with Gasteiger partial charge in [0.25, 0.3) is 5.22 Å². The number of hydrogen-bond acceptors (Lipinski definition) is 7. The Hall–Kier alpha value is -1.60. The average molecular weight is 292 g/mol. The van der Waals surface area contributed by atoms with Crippen molar-refractivity contribution in [2.24, 2.45) is 0 Å². The Balaban J connectivity index is 1.87. The van der Waals surface area contributed by atoms with Gasteiger partial charge in [-0.1, -0.05) is 13.8 Å². The number of oxazole rings is 1. The van der Waals surface area contributed by atoms with Crippen LogP contribution in [0.15, 0.2) is 32.2 Å². The largest absolute Gasteiger partial charge is 0.431 e. The quantitative estimate of drug-likeness (QED) is 0.744. The van der Waals surface area contributed by atoms with Gasteiger partial charge in [0, 0.05) is 29.4 Å². The van der Waals surface area contributed by atoms with Crippen LogP contribution < -0.4 is 5.73 Å². The zero-order chi connectivity index (χ0) is 13.4. The molecule has 0 amide bonds. The molecule has 0 radical (unpaired) electrons. The topological polar surface area (TPSA) is 77.8 Å². The fraction of sp³-hybridized carbons (Fsp3) is 0.250. The van der Waals surface area contributed by atoms with Gasteiger partial charge < -0.3 is 10.2 Å². The second-order valence-corrected chi connectivity index (χ2v) is 6.33. The number of aromatic nitrogens is 3. The minimum Gasteiger partial charge on any atom is -0.431 e. The lowest BCUT2D eigenvalue weighted by Gasteiger charge is -1.93. The molecule has 0 unspecified atom stereocenters. The molecule has 0 aliphatic heterocycles. The van der Waals surface area contributed by atoms with E-state index in [9.17, 15) is 0 Å². The Morgan fingerprint density at radius 2 is 2.16 bits per heavy atom. The van der Waals surface area contributed by atoms with Crippen molar-refractivity contribution in [1.29, 1.82) is 0 Å². The Labute approximate surface area is 118 Å². The molecule has 0 bridgehead atoms. The highest BCUT2D eigenvalue weighted by molar-refractivity contribution is 8.00. The smallest absolute Gasteiger partial charge is 0.264 e. The van der Waals surface area contributed by atoms with Gasteiger partial charge in [-0.2, -0.15) is 4.37 Å². The summed E-state index contributed by atoms with van der Waals surface area (Å²) in [5.74, 6) is 1.18. The van der Waals surface area contributed by atoms with Crippen molar-refractivity contribution in [2.75, 3.05) is 5.73 Å². The zero-order valence-corrected chi connectivity index (χ0v) is 12.1. The third-order valence-electron chi connectivity index (χ3n) is 2.51. The SMILES string of the molecule is CC(C)c1nsc(Sc2nc3ccc(N)cc3o2)n1. The van der Waals surface area contributed by atoms with Gasteiger partial charge in [0.2, 0.25) is 0 Å². The van der Waals surface area contributed by atoms with Crippen molar-refractivity contribution in [3.8, 4) is 0 Å². The second-order valence-electron chi connectivity index (χ2n) is 4.38. The average Bonchev–Trinajstić information content (AvgIpc) is 2.95. The fourth-order valence-electron chi connectivity index (χ4n) is 1.53. The van der Waals surface area contributed by atoms with Gasteiger partial charge >= 0.3 is 0 Å². The molecular weight excluding hydrogens is 280 g/mol. The van der Waals surface area contributed by atoms with E-state index in [0.717, 1.165) is 15.7 Å². The molecule has 0 saturated carbocycles. The van der Waals surface area contributed by atoms with Crippen molar-refractivity contribution in [3.05, 3.63) is 24.0 Å². The van der Waals surface area contributed by atoms with Crippen LogP contribution in [0.3, 0.4) is 0 Å². The normalized spacial score (nSPS) is 11.5. The molecule has 2 N–H and O–H groups in total. The molecule has 0 atom stereocenters. The Morgan fingerprint density at radius 3 is 2.89 bits per heavy atom. The fourth-order valence-corrected chi connectivity index (χ4v) is 3.13. The van der Waals surface area contributed by atoms with Crippen LogP contribution in [-0.2, 0) is 0 Å². The van der Waals surface area contributed by atoms with Crippen molar-refractivity contribution < 1.29 is 4.42 Å². The Bertz CT molecular complexity index is 719. The van der Waals surface area contributed by atoms with Gasteiger partial charge in [0.05, 0.1) is 0 Å². The summed E-state index contributed by atoms with van der Waals surface area (Å²) in [5, 5.41) is 0.562. The van der Waals surface area contributed by atoms with Crippen LogP contribution in [0.5, 0.6) is 0 Å². The third kappa shape index (κ3) is 2.57. The van der Waals surface area contributed by atoms with E-state index >= 15 is 0 Å². The first-order valence-electron chi connectivity index (χ1n) is 5.79. The molecule has 0 aliphatic carbocycles. The monoisotopic (exact) mass is 292 g/mol. The summed E-state index contributed by atoms with van der Waals surface area (Å²) < 4.78 is 10.8. The first-order chi connectivity index (χ1) is 9.11. The molecule has 0 spiro atoms. The molecule has 98 valence electrons. The summed E-state index contributed by atoms with van der Waals surface area (Å²) in [6.45, 7) is 4.14. The standard InChI is InChI=1S/C12H12N4OS2/c1-6(2)10-15-12(19-16-10)18-11-14-8-4-3-7(13)5-9(8)17-11/h3-6H,13H2,1-2H3. The highest BCUT2D eigenvalue weighted by atomic mass is 32.2. The first-order valence-corrected chi connectivity index (χ1v) is 7.38. The molecule has 1 aromatic carbocycles. The number of anilines is 1. The molecule has 2 aromatic heterocycles. The van der Waals surface area contributed by atoms with Gasteiger partial charge in [-0.05, 0) is 23.7 Å². The molecule has 5 nitrogen and oxygen atoms in total. The maximum Gasteiger partial charge on any atom is 0.264 e. The van der Waals surface area contributed by atoms with Gasteiger partial charge in [0.1, 0.15) is 11.3 Å². The van der Waals surface area contributed by atoms with E-state index in [2.05, 4.69) is 28.2 Å². The van der Waals surface area contributed by atoms with E-state index in [1.54, 1.807) is 12.1 Å². The highest BCUT2D eigenvalue weighted by Gasteiger charge is 2.13. The molecular formula is C12H12N4OS2. The maximum absolute atomic E-state index is 5.71. The second kappa shape index (κ2) is 4.82. The lowest BCUT2D eigenvalue weighted by atomic mass is 10.2. The van der Waals surface area contributed by atoms with Crippen LogP contribution in [0.2, 0.25) is 0 Å². The molecule has 19 heavy (non-hydrogen) atoms. The number of benzene rings is 1. The highest BCUT2D eigenvalue weighted by Crippen LogP contribution is 2.32. The van der Waals surface area contributed by atoms with Crippen molar-refractivity contribution >= 4 is 40.1 Å². The van der Waals surface area contributed by atoms with Crippen LogP contribution in [0, 0.1) is 0 Å². The summed E-state index contributed by atoms with van der Waals surface area (Å²) in [7, 11) is 0. The molecule has 7 heteroatoms. The van der Waals surface area contributed by atoms with Crippen LogP contribution in [0.25, 0.3) is 11.1 Å². The van der Waals surface area contributed by atoms with Gasteiger partial charge in [-0.3, -0.25) is 0 Å². The summed E-state index contributed by atoms with van der Waals surface area (Å²) in [6.07, 6.45) is 0. The molecule has 0 aliphatic rings. The zero-order valence-electron chi connectivity index (χ0n) is 10.5. The van der Waals surface area contributed by atoms with Crippen LogP contribution in [-0.4, -0.2) is 14.3 Å². The van der Waals surface area contributed by atoms with Crippen LogP contribution in [0.1, 0.15) is 25.6 Å². The maximum atomic E-state index is 5.71. The summed E-state index contributed by atoms with van der Waals surface area (Å²) in [5.41, 5.74) is 7.86. The summed E-state index contributed by atoms with van der Waals surface area (Å²) >= 11 is 2.75. The van der Waals surface area contributed by atoms with E-state index in [4.69, 9.17) is 10.2 Å². The van der Waals surface area contributed by atoms with Gasteiger partial charge in [-0.25, -0.2) is 9.97 Å². The van der Waals surface area contributed by atoms with E-state index < -0.39 is 0 Å². The van der Waals surface area contributed by atoms with Crippen molar-refractivity contribution in [1.82, 2.24) is 14.3 Å². The van der Waals surface area contributed by atoms with E-state index in [1.807, 2.05) is 6.07 Å². The van der Waals surface area contributed by atoms with Gasteiger partial charge in [0.15, 0.2) is 9.92 Å². The molecule has 3 rings (SSSR count). The lowest BCUT2D eigenvalue weighted by molar-refractivity contribution is 0.489. The Kier molecular flexibility index (Phi) is 3.16. The van der Waals surface area contributed by atoms with Crippen molar-refractivity contribution in [3.63, 3.8) is 0 Å². The number of hydrogen-bond donors (Lipinski definition) is 1. The molecule has 3 aromatic rings. The number of fused-ring (bicyclic) bond motifs is 1. The first kappa shape index (κ1) is 12.4. The minimum absolute atomic E-state index is 0.328. The number of nitrogens with two attached hydrogens (primary N) is 1. The number of rotatable bonds is 3. The molecule has 2 heterocycles. The van der Waals surface area contributed by atoms with E-state index in [-0.39, 0.29) is 0 Å². The van der Waals surface area contributed by atoms with Crippen LogP contribution >= 0.6 is 23.3 Å². The predicted octanol–water partition coefficient (Wildman–Crippen LogP) is 3.54. The van der Waals surface area contributed by atoms with E-state index in [1.165, 1.54) is 23.3 Å². The third-order valence-corrected chi connectivity index (χ3v) is 4.12. The lowest BCUT2D eigenvalue weighted by Crippen LogP contribution is -1.88. The summed E-state index contributed by atoms with van der Waals surface area (Å²) in [6, 6.07) is 5.42. The van der Waals surface area contributed by atoms with Crippen molar-refractivity contribution in [2.45, 2.75) is 29.3 Å². The number of nitrogen functional groups attached to an aromatic ring is 1. The predicted molar refractivity (Wildman–Crippen MR) is 76.5 cm³/mol. The number of nitrogens with zero attached hydrogens (tertiary/aromatic N) is 3. The minimum atomic E-state index is 0.328. The molecule has 0 saturated heterocycles. The Morgan fingerprint density at radius 1 is 1.32 bits per heavy atom.